The van der Waals surface area contributed by atoms with Crippen LogP contribution in [0.25, 0.3) is 10.9 Å². The quantitative estimate of drug-likeness (QED) is 0.254. The number of halogens is 1. The number of carbonyl (C=O) groups is 1. The maximum atomic E-state index is 13.6. The lowest BCUT2D eigenvalue weighted by atomic mass is 10.1. The highest BCUT2D eigenvalue weighted by atomic mass is 32.2. The molecule has 0 aliphatic carbocycles. The third-order valence-electron chi connectivity index (χ3n) is 4.99. The van der Waals surface area contributed by atoms with Crippen molar-refractivity contribution in [3.05, 3.63) is 94.0 Å². The van der Waals surface area contributed by atoms with Gasteiger partial charge in [0.15, 0.2) is 5.16 Å². The largest absolute Gasteiger partial charge is 0.397 e. The van der Waals surface area contributed by atoms with Crippen LogP contribution in [-0.2, 0) is 12.3 Å². The Morgan fingerprint density at radius 2 is 1.88 bits per heavy atom. The van der Waals surface area contributed by atoms with Gasteiger partial charge in [-0.25, -0.2) is 9.37 Å². The van der Waals surface area contributed by atoms with Crippen molar-refractivity contribution in [3.63, 3.8) is 0 Å². The predicted octanol–water partition coefficient (Wildman–Crippen LogP) is 4.68. The van der Waals surface area contributed by atoms with Crippen molar-refractivity contribution < 1.29 is 9.18 Å². The van der Waals surface area contributed by atoms with E-state index in [1.165, 1.54) is 30.0 Å². The van der Waals surface area contributed by atoms with Crippen molar-refractivity contribution in [1.82, 2.24) is 9.55 Å². The first-order valence-corrected chi connectivity index (χ1v) is 11.0. The van der Waals surface area contributed by atoms with Crippen LogP contribution in [-0.4, -0.2) is 15.5 Å². The number of anilines is 2. The minimum absolute atomic E-state index is 0.188. The Labute approximate surface area is 188 Å². The summed E-state index contributed by atoms with van der Waals surface area (Å²) in [5.41, 5.74) is 8.56. The summed E-state index contributed by atoms with van der Waals surface area (Å²) >= 11 is 1.39. The number of para-hydroxylation sites is 2. The lowest BCUT2D eigenvalue weighted by Crippen LogP contribution is -2.22. The van der Waals surface area contributed by atoms with Crippen LogP contribution in [0, 0.1) is 5.82 Å². The molecule has 1 amide bonds. The molecule has 162 valence electrons. The molecule has 0 bridgehead atoms. The van der Waals surface area contributed by atoms with Crippen molar-refractivity contribution >= 4 is 39.9 Å². The second-order valence-electron chi connectivity index (χ2n) is 7.13. The lowest BCUT2D eigenvalue weighted by molar-refractivity contribution is 0.102. The zero-order chi connectivity index (χ0) is 22.7. The van der Waals surface area contributed by atoms with Crippen LogP contribution < -0.4 is 16.6 Å². The molecular weight excluding hydrogens is 427 g/mol. The van der Waals surface area contributed by atoms with Gasteiger partial charge in [0.1, 0.15) is 5.82 Å². The van der Waals surface area contributed by atoms with Crippen molar-refractivity contribution in [2.75, 3.05) is 11.1 Å². The molecule has 0 fully saturated rings. The van der Waals surface area contributed by atoms with Crippen LogP contribution in [0.3, 0.4) is 0 Å². The number of hydrogen-bond acceptors (Lipinski definition) is 5. The third-order valence-corrected chi connectivity index (χ3v) is 6.04. The molecule has 0 atom stereocenters. The summed E-state index contributed by atoms with van der Waals surface area (Å²) in [5, 5.41) is 3.72. The maximum absolute atomic E-state index is 13.6. The van der Waals surface area contributed by atoms with Crippen LogP contribution in [0.5, 0.6) is 0 Å². The third kappa shape index (κ3) is 4.50. The molecule has 3 aromatic carbocycles. The monoisotopic (exact) mass is 448 g/mol. The number of benzene rings is 3. The first-order valence-electron chi connectivity index (χ1n) is 10.0. The van der Waals surface area contributed by atoms with E-state index in [4.69, 9.17) is 5.73 Å². The van der Waals surface area contributed by atoms with Gasteiger partial charge in [-0.1, -0.05) is 36.0 Å². The van der Waals surface area contributed by atoms with Crippen molar-refractivity contribution in [1.29, 1.82) is 0 Å². The number of nitrogens with one attached hydrogen (secondary N) is 1. The smallest absolute Gasteiger partial charge is 0.262 e. The van der Waals surface area contributed by atoms with Crippen molar-refractivity contribution in [3.8, 4) is 0 Å². The molecule has 0 aliphatic rings. The number of fused-ring (bicyclic) bond motifs is 1. The van der Waals surface area contributed by atoms with Gasteiger partial charge >= 0.3 is 0 Å². The Kier molecular flexibility index (Phi) is 6.23. The molecule has 32 heavy (non-hydrogen) atoms. The summed E-state index contributed by atoms with van der Waals surface area (Å²) in [5.74, 6) is -0.137. The second kappa shape index (κ2) is 9.23. The topological polar surface area (TPSA) is 90.0 Å². The number of carbonyl (C=O) groups excluding carboxylic acids is 1. The molecule has 8 heteroatoms. The number of nitrogens with zero attached hydrogens (tertiary/aromatic N) is 2. The van der Waals surface area contributed by atoms with Gasteiger partial charge in [0, 0.05) is 23.9 Å². The summed E-state index contributed by atoms with van der Waals surface area (Å²) in [6, 6.07) is 18.3. The Balaban J connectivity index is 1.50. The standard InChI is InChI=1S/C24H21FN4O2S/c1-2-29-23(31)18-12-11-17(25)13-21(18)28-24(29)32-14-15-7-9-16(10-8-15)22(30)27-20-6-4-3-5-19(20)26/h3-13H,2,14,26H2,1H3,(H,27,30). The number of nitrogen functional groups attached to an aromatic ring is 1. The number of thioether (sulfide) groups is 1. The fourth-order valence-electron chi connectivity index (χ4n) is 3.27. The van der Waals surface area contributed by atoms with Gasteiger partial charge in [-0.2, -0.15) is 0 Å². The van der Waals surface area contributed by atoms with Gasteiger partial charge in [0.05, 0.1) is 22.3 Å². The molecule has 4 rings (SSSR count). The van der Waals surface area contributed by atoms with E-state index >= 15 is 0 Å². The molecule has 0 spiro atoms. The molecule has 3 N–H and O–H groups in total. The number of amides is 1. The SMILES string of the molecule is CCn1c(SCc2ccc(C(=O)Nc3ccccc3N)cc2)nc2cc(F)ccc2c1=O. The van der Waals surface area contributed by atoms with Gasteiger partial charge in [-0.3, -0.25) is 14.2 Å². The van der Waals surface area contributed by atoms with Crippen LogP contribution in [0.2, 0.25) is 0 Å². The van der Waals surface area contributed by atoms with E-state index in [0.29, 0.717) is 45.3 Å². The number of hydrogen-bond donors (Lipinski definition) is 2. The van der Waals surface area contributed by atoms with Crippen LogP contribution in [0.4, 0.5) is 15.8 Å². The van der Waals surface area contributed by atoms with E-state index in [2.05, 4.69) is 10.3 Å². The van der Waals surface area contributed by atoms with Gasteiger partial charge in [0.25, 0.3) is 11.5 Å². The van der Waals surface area contributed by atoms with Gasteiger partial charge in [-0.15, -0.1) is 0 Å². The number of rotatable bonds is 6. The van der Waals surface area contributed by atoms with Crippen molar-refractivity contribution in [2.24, 2.45) is 0 Å². The average Bonchev–Trinajstić information content (AvgIpc) is 2.79. The minimum Gasteiger partial charge on any atom is -0.397 e. The van der Waals surface area contributed by atoms with Crippen molar-refractivity contribution in [2.45, 2.75) is 24.4 Å². The highest BCUT2D eigenvalue weighted by Crippen LogP contribution is 2.23. The average molecular weight is 449 g/mol. The Morgan fingerprint density at radius 1 is 1.12 bits per heavy atom. The minimum atomic E-state index is -0.430. The fourth-order valence-corrected chi connectivity index (χ4v) is 4.29. The Morgan fingerprint density at radius 3 is 2.59 bits per heavy atom. The van der Waals surface area contributed by atoms with Crippen LogP contribution >= 0.6 is 11.8 Å². The first kappa shape index (κ1) is 21.6. The van der Waals surface area contributed by atoms with Gasteiger partial charge in [-0.05, 0) is 48.9 Å². The summed E-state index contributed by atoms with van der Waals surface area (Å²) in [6.45, 7) is 2.33. The molecule has 0 unspecified atom stereocenters. The van der Waals surface area contributed by atoms with E-state index in [0.717, 1.165) is 5.56 Å². The Bertz CT molecular complexity index is 1350. The molecule has 0 saturated carbocycles. The normalized spacial score (nSPS) is 10.9. The highest BCUT2D eigenvalue weighted by molar-refractivity contribution is 7.98. The molecular formula is C24H21FN4O2S. The molecule has 0 radical (unpaired) electrons. The number of nitrogens with two attached hydrogens (primary N) is 1. The predicted molar refractivity (Wildman–Crippen MR) is 126 cm³/mol. The Hall–Kier alpha value is -3.65. The molecule has 0 aliphatic heterocycles. The van der Waals surface area contributed by atoms with Gasteiger partial charge in [0.2, 0.25) is 0 Å². The van der Waals surface area contributed by atoms with E-state index in [9.17, 15) is 14.0 Å². The van der Waals surface area contributed by atoms with E-state index < -0.39 is 5.82 Å². The molecule has 1 aromatic heterocycles. The maximum Gasteiger partial charge on any atom is 0.262 e. The zero-order valence-electron chi connectivity index (χ0n) is 17.3. The van der Waals surface area contributed by atoms with E-state index in [-0.39, 0.29) is 11.5 Å². The van der Waals surface area contributed by atoms with Crippen LogP contribution in [0.15, 0.2) is 76.7 Å². The molecule has 0 saturated heterocycles. The molecule has 4 aromatic rings. The summed E-state index contributed by atoms with van der Waals surface area (Å²) in [7, 11) is 0. The molecule has 1 heterocycles. The summed E-state index contributed by atoms with van der Waals surface area (Å²) in [4.78, 5) is 29.7. The highest BCUT2D eigenvalue weighted by Gasteiger charge is 2.12. The van der Waals surface area contributed by atoms with Gasteiger partial charge < -0.3 is 11.1 Å². The zero-order valence-corrected chi connectivity index (χ0v) is 18.2. The second-order valence-corrected chi connectivity index (χ2v) is 8.07. The first-order chi connectivity index (χ1) is 15.5. The van der Waals surface area contributed by atoms with E-state index in [1.54, 1.807) is 41.0 Å². The summed E-state index contributed by atoms with van der Waals surface area (Å²) < 4.78 is 15.2. The lowest BCUT2D eigenvalue weighted by Gasteiger charge is -2.11. The number of aromatic nitrogens is 2. The van der Waals surface area contributed by atoms with Crippen LogP contribution in [0.1, 0.15) is 22.8 Å². The summed E-state index contributed by atoms with van der Waals surface area (Å²) in [6.07, 6.45) is 0. The molecule has 6 nitrogen and oxygen atoms in total. The van der Waals surface area contributed by atoms with E-state index in [1.807, 2.05) is 19.1 Å². The fraction of sp³-hybridized carbons (Fsp3) is 0.125.